The number of carbonyl (C=O) groups excluding carboxylic acids is 3. The number of methoxy groups -OCH3 is 1. The molecule has 1 aliphatic heterocycles. The maximum absolute atomic E-state index is 12.8. The number of rotatable bonds is 15. The molecule has 12 heteroatoms. The van der Waals surface area contributed by atoms with Crippen molar-refractivity contribution in [2.75, 3.05) is 64.5 Å². The van der Waals surface area contributed by atoms with Crippen LogP contribution in [0.1, 0.15) is 43.7 Å². The third-order valence-corrected chi connectivity index (χ3v) is 7.87. The summed E-state index contributed by atoms with van der Waals surface area (Å²) in [6.07, 6.45) is 8.53. The van der Waals surface area contributed by atoms with Gasteiger partial charge < -0.3 is 30.2 Å². The van der Waals surface area contributed by atoms with Crippen molar-refractivity contribution in [1.29, 1.82) is 0 Å². The fraction of sp³-hybridized carbons (Fsp3) is 0.469. The lowest BCUT2D eigenvalue weighted by Gasteiger charge is -2.35. The van der Waals surface area contributed by atoms with Gasteiger partial charge in [0.25, 0.3) is 0 Å². The second-order valence-electron chi connectivity index (χ2n) is 11.0. The largest absolute Gasteiger partial charge is 0.496 e. The molecule has 0 spiro atoms. The predicted octanol–water partition coefficient (Wildman–Crippen LogP) is 2.92. The number of aldehydes is 1. The minimum absolute atomic E-state index is 0.0271. The van der Waals surface area contributed by atoms with Crippen molar-refractivity contribution in [2.24, 2.45) is 0 Å². The first kappa shape index (κ1) is 32.5. The van der Waals surface area contributed by atoms with Gasteiger partial charge in [-0.25, -0.2) is 4.98 Å². The molecule has 1 saturated heterocycles. The van der Waals surface area contributed by atoms with Crippen molar-refractivity contribution in [1.82, 2.24) is 29.2 Å². The Morgan fingerprint density at radius 1 is 1.11 bits per heavy atom. The Balaban J connectivity index is 1.37. The van der Waals surface area contributed by atoms with E-state index in [0.29, 0.717) is 32.5 Å². The number of aromatic nitrogens is 3. The highest BCUT2D eigenvalue weighted by Gasteiger charge is 2.22. The number of likely N-dealkylation sites (N-methyl/N-ethyl adjacent to an activating group) is 1. The number of hydrogen-bond donors (Lipinski definition) is 2. The summed E-state index contributed by atoms with van der Waals surface area (Å²) in [5.41, 5.74) is 9.93. The lowest BCUT2D eigenvalue weighted by atomic mass is 10.1. The zero-order valence-corrected chi connectivity index (χ0v) is 26.0. The van der Waals surface area contributed by atoms with Crippen molar-refractivity contribution in [3.63, 3.8) is 0 Å². The maximum atomic E-state index is 12.8. The van der Waals surface area contributed by atoms with E-state index < -0.39 is 0 Å². The molecule has 0 radical (unpaired) electrons. The molecule has 3 N–H and O–H groups in total. The van der Waals surface area contributed by atoms with Crippen LogP contribution in [0.2, 0.25) is 0 Å². The molecule has 3 aromatic rings. The molecule has 12 nitrogen and oxygen atoms in total. The van der Waals surface area contributed by atoms with Crippen LogP contribution in [0.25, 0.3) is 11.0 Å². The number of hydrogen-bond acceptors (Lipinski definition) is 9. The molecule has 0 saturated carbocycles. The summed E-state index contributed by atoms with van der Waals surface area (Å²) in [5.74, 6) is 1.53. The first-order valence-electron chi connectivity index (χ1n) is 15.2. The monoisotopic (exact) mass is 604 g/mol. The number of amides is 2. The summed E-state index contributed by atoms with van der Waals surface area (Å²) >= 11 is 0. The number of anilines is 2. The Morgan fingerprint density at radius 3 is 2.64 bits per heavy atom. The van der Waals surface area contributed by atoms with E-state index in [2.05, 4.69) is 43.8 Å². The first-order valence-corrected chi connectivity index (χ1v) is 15.2. The van der Waals surface area contributed by atoms with Gasteiger partial charge in [-0.15, -0.1) is 0 Å². The Morgan fingerprint density at radius 2 is 1.91 bits per heavy atom. The van der Waals surface area contributed by atoms with Gasteiger partial charge in [-0.1, -0.05) is 25.8 Å². The zero-order valence-electron chi connectivity index (χ0n) is 26.0. The molecule has 2 aromatic heterocycles. The van der Waals surface area contributed by atoms with Crippen molar-refractivity contribution in [2.45, 2.75) is 45.7 Å². The van der Waals surface area contributed by atoms with Crippen LogP contribution in [0, 0.1) is 0 Å². The van der Waals surface area contributed by atoms with E-state index in [9.17, 15) is 14.4 Å². The summed E-state index contributed by atoms with van der Waals surface area (Å²) in [6.45, 7) is 7.45. The van der Waals surface area contributed by atoms with Gasteiger partial charge in [0.05, 0.1) is 19.2 Å². The second kappa shape index (κ2) is 15.9. The van der Waals surface area contributed by atoms with Crippen LogP contribution in [0.15, 0.2) is 42.6 Å². The standard InChI is InChI=1S/C32H44N8O4/c1-4-5-6-13-34-31-30-26(35-32(33)36-31)11-15-40(30)23-25-21-24(9-10-27(25)44-3)22-38-16-18-39(19-17-38)29(43)12-14-37(2)28(42)8-7-20-41/h7-11,15,20-21H,4-6,12-14,16-19,22-23H2,1-3H3,(H3,33,34,35,36)/b8-7-. The van der Waals surface area contributed by atoms with Crippen molar-refractivity contribution in [3.05, 3.63) is 53.7 Å². The highest BCUT2D eigenvalue weighted by Crippen LogP contribution is 2.27. The number of ether oxygens (including phenoxy) is 1. The SMILES string of the molecule is CCCCCNc1nc(N)nc2ccn(Cc3cc(CN4CCN(C(=O)CCN(C)C(=O)/C=C\C=O)CC4)ccc3OC)c12. The molecule has 1 aliphatic rings. The highest BCUT2D eigenvalue weighted by molar-refractivity contribution is 5.91. The molecular formula is C32H44N8O4. The van der Waals surface area contributed by atoms with Crippen molar-refractivity contribution in [3.8, 4) is 5.75 Å². The van der Waals surface area contributed by atoms with Crippen LogP contribution in [-0.4, -0.2) is 101 Å². The van der Waals surface area contributed by atoms with Gasteiger partial charge in [0.1, 0.15) is 17.6 Å². The number of benzene rings is 1. The third kappa shape index (κ3) is 8.56. The quantitative estimate of drug-likeness (QED) is 0.152. The molecule has 2 amide bonds. The van der Waals surface area contributed by atoms with Crippen LogP contribution in [-0.2, 0) is 27.5 Å². The van der Waals surface area contributed by atoms with E-state index in [0.717, 1.165) is 79.7 Å². The van der Waals surface area contributed by atoms with Gasteiger partial charge >= 0.3 is 0 Å². The second-order valence-corrected chi connectivity index (χ2v) is 11.0. The van der Waals surface area contributed by atoms with Gasteiger partial charge in [0, 0.05) is 77.1 Å². The highest BCUT2D eigenvalue weighted by atomic mass is 16.5. The predicted molar refractivity (Wildman–Crippen MR) is 171 cm³/mol. The smallest absolute Gasteiger partial charge is 0.246 e. The normalized spacial score (nSPS) is 13.8. The number of nitrogens with zero attached hydrogens (tertiary/aromatic N) is 6. The summed E-state index contributed by atoms with van der Waals surface area (Å²) < 4.78 is 7.86. The number of nitrogens with two attached hydrogens (primary N) is 1. The summed E-state index contributed by atoms with van der Waals surface area (Å²) in [4.78, 5) is 49.7. The summed E-state index contributed by atoms with van der Waals surface area (Å²) in [7, 11) is 3.31. The average Bonchev–Trinajstić information content (AvgIpc) is 3.43. The maximum Gasteiger partial charge on any atom is 0.246 e. The van der Waals surface area contributed by atoms with Crippen LogP contribution < -0.4 is 15.8 Å². The Hall–Kier alpha value is -4.45. The molecule has 44 heavy (non-hydrogen) atoms. The van der Waals surface area contributed by atoms with Crippen LogP contribution in [0.3, 0.4) is 0 Å². The van der Waals surface area contributed by atoms with E-state index in [-0.39, 0.29) is 24.2 Å². The number of piperazine rings is 1. The van der Waals surface area contributed by atoms with Gasteiger partial charge in [-0.3, -0.25) is 19.3 Å². The third-order valence-electron chi connectivity index (χ3n) is 7.87. The fourth-order valence-corrected chi connectivity index (χ4v) is 5.39. The molecule has 0 aliphatic carbocycles. The first-order chi connectivity index (χ1) is 21.3. The van der Waals surface area contributed by atoms with E-state index >= 15 is 0 Å². The molecule has 1 fully saturated rings. The van der Waals surface area contributed by atoms with E-state index in [4.69, 9.17) is 10.5 Å². The molecule has 0 atom stereocenters. The number of fused-ring (bicyclic) bond motifs is 1. The van der Waals surface area contributed by atoms with Crippen molar-refractivity contribution >= 4 is 40.9 Å². The van der Waals surface area contributed by atoms with Gasteiger partial charge in [-0.2, -0.15) is 4.98 Å². The number of carbonyl (C=O) groups is 3. The molecular weight excluding hydrogens is 560 g/mol. The lowest BCUT2D eigenvalue weighted by molar-refractivity contribution is -0.134. The van der Waals surface area contributed by atoms with Crippen molar-refractivity contribution < 1.29 is 19.1 Å². The molecule has 0 bridgehead atoms. The summed E-state index contributed by atoms with van der Waals surface area (Å²) in [5, 5.41) is 3.46. The Bertz CT molecular complexity index is 1460. The average molecular weight is 605 g/mol. The van der Waals surface area contributed by atoms with E-state index in [1.807, 2.05) is 23.2 Å². The Kier molecular flexibility index (Phi) is 11.7. The number of nitrogens with one attached hydrogen (secondary N) is 1. The minimum Gasteiger partial charge on any atom is -0.496 e. The van der Waals surface area contributed by atoms with Crippen LogP contribution in [0.5, 0.6) is 5.75 Å². The van der Waals surface area contributed by atoms with E-state index in [1.54, 1.807) is 14.2 Å². The minimum atomic E-state index is -0.295. The molecule has 3 heterocycles. The summed E-state index contributed by atoms with van der Waals surface area (Å²) in [6, 6.07) is 8.24. The molecule has 1 aromatic carbocycles. The molecule has 4 rings (SSSR count). The molecule has 236 valence electrons. The van der Waals surface area contributed by atoms with Gasteiger partial charge in [0.15, 0.2) is 5.82 Å². The number of nitrogen functional groups attached to an aromatic ring is 1. The Labute approximate surface area is 258 Å². The number of allylic oxidation sites excluding steroid dienone is 1. The fourth-order valence-electron chi connectivity index (χ4n) is 5.39. The van der Waals surface area contributed by atoms with Gasteiger partial charge in [-0.05, 0) is 36.3 Å². The van der Waals surface area contributed by atoms with E-state index in [1.165, 1.54) is 16.5 Å². The number of unbranched alkanes of at least 4 members (excludes halogenated alkanes) is 2. The molecule has 0 unspecified atom stereocenters. The van der Waals surface area contributed by atoms with Gasteiger partial charge in [0.2, 0.25) is 17.8 Å². The van der Waals surface area contributed by atoms with Crippen LogP contribution in [0.4, 0.5) is 11.8 Å². The van der Waals surface area contributed by atoms with Crippen LogP contribution >= 0.6 is 0 Å². The zero-order chi connectivity index (χ0) is 31.5. The topological polar surface area (TPSA) is 139 Å². The lowest BCUT2D eigenvalue weighted by Crippen LogP contribution is -2.48.